The number of nitrogens with two attached hydrogens (primary N) is 1. The molecule has 0 aromatic carbocycles. The molecule has 17 heavy (non-hydrogen) atoms. The van der Waals surface area contributed by atoms with Crippen molar-refractivity contribution in [1.29, 1.82) is 0 Å². The SMILES string of the molecule is CN1CCOC(c2noc(C(N)C3CC3)n2)C1. The molecule has 1 aromatic heterocycles. The molecule has 2 fully saturated rings. The van der Waals surface area contributed by atoms with Gasteiger partial charge in [0, 0.05) is 13.1 Å². The Morgan fingerprint density at radius 2 is 2.29 bits per heavy atom. The fourth-order valence-corrected chi connectivity index (χ4v) is 2.10. The summed E-state index contributed by atoms with van der Waals surface area (Å²) in [7, 11) is 2.06. The maximum Gasteiger partial charge on any atom is 0.243 e. The molecule has 6 nitrogen and oxygen atoms in total. The Balaban J connectivity index is 1.70. The summed E-state index contributed by atoms with van der Waals surface area (Å²) < 4.78 is 10.9. The van der Waals surface area contributed by atoms with Gasteiger partial charge in [-0.3, -0.25) is 0 Å². The maximum atomic E-state index is 6.02. The normalized spacial score (nSPS) is 28.2. The molecule has 2 unspecified atom stereocenters. The highest BCUT2D eigenvalue weighted by atomic mass is 16.5. The lowest BCUT2D eigenvalue weighted by molar-refractivity contribution is -0.0264. The zero-order valence-corrected chi connectivity index (χ0v) is 10.0. The first kappa shape index (κ1) is 11.1. The summed E-state index contributed by atoms with van der Waals surface area (Å²) in [5, 5.41) is 3.99. The van der Waals surface area contributed by atoms with Crippen molar-refractivity contribution in [2.24, 2.45) is 11.7 Å². The van der Waals surface area contributed by atoms with Gasteiger partial charge in [0.25, 0.3) is 0 Å². The second kappa shape index (κ2) is 4.36. The Morgan fingerprint density at radius 1 is 1.47 bits per heavy atom. The highest BCUT2D eigenvalue weighted by Crippen LogP contribution is 2.39. The first-order valence-electron chi connectivity index (χ1n) is 6.13. The summed E-state index contributed by atoms with van der Waals surface area (Å²) >= 11 is 0. The summed E-state index contributed by atoms with van der Waals surface area (Å²) in [5.74, 6) is 1.71. The number of aromatic nitrogens is 2. The molecule has 1 aromatic rings. The Kier molecular flexibility index (Phi) is 2.85. The number of ether oxygens (including phenoxy) is 1. The van der Waals surface area contributed by atoms with Gasteiger partial charge >= 0.3 is 0 Å². The maximum absolute atomic E-state index is 6.02. The van der Waals surface area contributed by atoms with Crippen molar-refractivity contribution in [3.05, 3.63) is 11.7 Å². The molecule has 2 N–H and O–H groups in total. The second-order valence-electron chi connectivity index (χ2n) is 4.98. The lowest BCUT2D eigenvalue weighted by Crippen LogP contribution is -2.35. The van der Waals surface area contributed by atoms with Gasteiger partial charge in [-0.2, -0.15) is 4.98 Å². The molecule has 2 heterocycles. The van der Waals surface area contributed by atoms with Gasteiger partial charge in [0.2, 0.25) is 11.7 Å². The van der Waals surface area contributed by atoms with Gasteiger partial charge in [-0.1, -0.05) is 5.16 Å². The molecule has 2 aliphatic rings. The van der Waals surface area contributed by atoms with Crippen molar-refractivity contribution in [1.82, 2.24) is 15.0 Å². The number of rotatable bonds is 3. The fourth-order valence-electron chi connectivity index (χ4n) is 2.10. The van der Waals surface area contributed by atoms with Crippen LogP contribution in [0.25, 0.3) is 0 Å². The van der Waals surface area contributed by atoms with Crippen LogP contribution < -0.4 is 5.73 Å². The number of likely N-dealkylation sites (N-methyl/N-ethyl adjacent to an activating group) is 1. The van der Waals surface area contributed by atoms with E-state index in [0.717, 1.165) is 13.1 Å². The van der Waals surface area contributed by atoms with Gasteiger partial charge in [0.1, 0.15) is 6.10 Å². The van der Waals surface area contributed by atoms with E-state index in [4.69, 9.17) is 15.0 Å². The smallest absolute Gasteiger partial charge is 0.243 e. The monoisotopic (exact) mass is 238 g/mol. The third kappa shape index (κ3) is 2.34. The molecule has 1 saturated carbocycles. The van der Waals surface area contributed by atoms with Crippen molar-refractivity contribution < 1.29 is 9.26 Å². The van der Waals surface area contributed by atoms with Crippen LogP contribution in [0.15, 0.2) is 4.52 Å². The average molecular weight is 238 g/mol. The Labute approximate surface area is 100 Å². The van der Waals surface area contributed by atoms with Crippen LogP contribution in [0.5, 0.6) is 0 Å². The topological polar surface area (TPSA) is 77.4 Å². The highest BCUT2D eigenvalue weighted by molar-refractivity contribution is 5.01. The predicted octanol–water partition coefficient (Wildman–Crippen LogP) is 0.482. The molecule has 0 spiro atoms. The van der Waals surface area contributed by atoms with E-state index in [9.17, 15) is 0 Å². The Morgan fingerprint density at radius 3 is 3.00 bits per heavy atom. The van der Waals surface area contributed by atoms with Crippen LogP contribution in [0.2, 0.25) is 0 Å². The van der Waals surface area contributed by atoms with Crippen molar-refractivity contribution in [2.45, 2.75) is 25.0 Å². The molecule has 0 radical (unpaired) electrons. The highest BCUT2D eigenvalue weighted by Gasteiger charge is 2.34. The molecule has 3 rings (SSSR count). The molecule has 0 bridgehead atoms. The second-order valence-corrected chi connectivity index (χ2v) is 4.98. The number of nitrogens with zero attached hydrogens (tertiary/aromatic N) is 3. The molecule has 2 atom stereocenters. The van der Waals surface area contributed by atoms with Crippen LogP contribution in [0.1, 0.15) is 36.7 Å². The van der Waals surface area contributed by atoms with E-state index < -0.39 is 0 Å². The summed E-state index contributed by atoms with van der Waals surface area (Å²) in [4.78, 5) is 6.57. The van der Waals surface area contributed by atoms with Crippen LogP contribution in [0.3, 0.4) is 0 Å². The number of morpholine rings is 1. The van der Waals surface area contributed by atoms with E-state index in [1.807, 2.05) is 0 Å². The fraction of sp³-hybridized carbons (Fsp3) is 0.818. The number of hydrogen-bond donors (Lipinski definition) is 1. The molecular formula is C11H18N4O2. The predicted molar refractivity (Wildman–Crippen MR) is 60.1 cm³/mol. The van der Waals surface area contributed by atoms with E-state index in [0.29, 0.717) is 24.2 Å². The molecule has 1 aliphatic heterocycles. The van der Waals surface area contributed by atoms with Crippen LogP contribution in [-0.2, 0) is 4.74 Å². The van der Waals surface area contributed by atoms with Crippen LogP contribution in [0, 0.1) is 5.92 Å². The van der Waals surface area contributed by atoms with Crippen LogP contribution in [0.4, 0.5) is 0 Å². The summed E-state index contributed by atoms with van der Waals surface area (Å²) in [6, 6.07) is -0.0995. The zero-order chi connectivity index (χ0) is 11.8. The summed E-state index contributed by atoms with van der Waals surface area (Å²) in [6.07, 6.45) is 2.25. The van der Waals surface area contributed by atoms with Crippen molar-refractivity contribution in [3.63, 3.8) is 0 Å². The van der Waals surface area contributed by atoms with E-state index in [1.54, 1.807) is 0 Å². The van der Waals surface area contributed by atoms with Crippen molar-refractivity contribution in [3.8, 4) is 0 Å². The van der Waals surface area contributed by atoms with E-state index in [-0.39, 0.29) is 12.1 Å². The van der Waals surface area contributed by atoms with E-state index in [2.05, 4.69) is 22.1 Å². The molecular weight excluding hydrogens is 220 g/mol. The first-order chi connectivity index (χ1) is 8.24. The lowest BCUT2D eigenvalue weighted by Gasteiger charge is -2.27. The largest absolute Gasteiger partial charge is 0.367 e. The molecule has 94 valence electrons. The lowest BCUT2D eigenvalue weighted by atomic mass is 10.2. The minimum absolute atomic E-state index is 0.0855. The zero-order valence-electron chi connectivity index (χ0n) is 10.0. The van der Waals surface area contributed by atoms with Crippen LogP contribution >= 0.6 is 0 Å². The molecule has 0 amide bonds. The summed E-state index contributed by atoms with van der Waals surface area (Å²) in [6.45, 7) is 2.46. The third-order valence-electron chi connectivity index (χ3n) is 3.43. The van der Waals surface area contributed by atoms with Gasteiger partial charge in [-0.05, 0) is 25.8 Å². The standard InChI is InChI=1S/C11H18N4O2/c1-15-4-5-16-8(6-15)10-13-11(17-14-10)9(12)7-2-3-7/h7-9H,2-6,12H2,1H3. The average Bonchev–Trinajstić information content (AvgIpc) is 3.05. The molecule has 1 aliphatic carbocycles. The molecule has 1 saturated heterocycles. The van der Waals surface area contributed by atoms with Gasteiger partial charge in [-0.25, -0.2) is 0 Å². The van der Waals surface area contributed by atoms with E-state index in [1.165, 1.54) is 12.8 Å². The van der Waals surface area contributed by atoms with Gasteiger partial charge in [0.15, 0.2) is 0 Å². The minimum Gasteiger partial charge on any atom is -0.367 e. The Hall–Kier alpha value is -0.980. The first-order valence-corrected chi connectivity index (χ1v) is 6.13. The van der Waals surface area contributed by atoms with Crippen molar-refractivity contribution >= 4 is 0 Å². The van der Waals surface area contributed by atoms with Crippen LogP contribution in [-0.4, -0.2) is 41.8 Å². The van der Waals surface area contributed by atoms with Crippen molar-refractivity contribution in [2.75, 3.05) is 26.7 Å². The Bertz CT molecular complexity index is 391. The van der Waals surface area contributed by atoms with E-state index >= 15 is 0 Å². The summed E-state index contributed by atoms with van der Waals surface area (Å²) in [5.41, 5.74) is 6.02. The molecule has 6 heteroatoms. The van der Waals surface area contributed by atoms with Gasteiger partial charge in [-0.15, -0.1) is 0 Å². The quantitative estimate of drug-likeness (QED) is 0.825. The number of hydrogen-bond acceptors (Lipinski definition) is 6. The van der Waals surface area contributed by atoms with Gasteiger partial charge in [0.05, 0.1) is 12.6 Å². The van der Waals surface area contributed by atoms with Gasteiger partial charge < -0.3 is 19.9 Å². The minimum atomic E-state index is -0.0995. The third-order valence-corrected chi connectivity index (χ3v) is 3.43.